The highest BCUT2D eigenvalue weighted by Crippen LogP contribution is 2.20. The van der Waals surface area contributed by atoms with Gasteiger partial charge in [0.1, 0.15) is 0 Å². The number of rotatable bonds is 7. The molecule has 0 fully saturated rings. The number of likely N-dealkylation sites (N-methyl/N-ethyl adjacent to an activating group) is 1. The molecule has 3 nitrogen and oxygen atoms in total. The molecule has 0 aliphatic carbocycles. The van der Waals surface area contributed by atoms with E-state index in [9.17, 15) is 0 Å². The van der Waals surface area contributed by atoms with E-state index in [0.29, 0.717) is 6.04 Å². The number of benzene rings is 1. The van der Waals surface area contributed by atoms with Crippen LogP contribution < -0.4 is 5.32 Å². The van der Waals surface area contributed by atoms with Gasteiger partial charge in [-0.2, -0.15) is 5.10 Å². The van der Waals surface area contributed by atoms with Crippen molar-refractivity contribution < 1.29 is 0 Å². The Balaban J connectivity index is 2.24. The summed E-state index contributed by atoms with van der Waals surface area (Å²) < 4.78 is 2.13. The monoisotopic (exact) mass is 285 g/mol. The van der Waals surface area contributed by atoms with Crippen LogP contribution in [-0.4, -0.2) is 16.3 Å². The smallest absolute Gasteiger partial charge is 0.0556 e. The Morgan fingerprint density at radius 2 is 1.86 bits per heavy atom. The van der Waals surface area contributed by atoms with Gasteiger partial charge >= 0.3 is 0 Å². The van der Waals surface area contributed by atoms with E-state index < -0.39 is 0 Å². The van der Waals surface area contributed by atoms with E-state index >= 15 is 0 Å². The zero-order chi connectivity index (χ0) is 15.2. The Morgan fingerprint density at radius 3 is 2.48 bits per heavy atom. The third-order valence-electron chi connectivity index (χ3n) is 3.71. The number of hydrogen-bond donors (Lipinski definition) is 1. The van der Waals surface area contributed by atoms with Crippen molar-refractivity contribution in [1.29, 1.82) is 0 Å². The van der Waals surface area contributed by atoms with E-state index in [2.05, 4.69) is 67.1 Å². The van der Waals surface area contributed by atoms with E-state index in [4.69, 9.17) is 0 Å². The molecule has 0 saturated heterocycles. The fraction of sp³-hybridized carbons (Fsp3) is 0.500. The second kappa shape index (κ2) is 7.41. The molecule has 21 heavy (non-hydrogen) atoms. The highest BCUT2D eigenvalue weighted by atomic mass is 15.3. The van der Waals surface area contributed by atoms with Crippen LogP contribution in [0.3, 0.4) is 0 Å². The SMILES string of the molecule is CCCn1nccc1C(Cc1cc(C)cc(C)c1)NCC. The molecule has 3 heteroatoms. The van der Waals surface area contributed by atoms with Crippen LogP contribution in [0.25, 0.3) is 0 Å². The molecule has 1 atom stereocenters. The molecular formula is C18H27N3. The van der Waals surface area contributed by atoms with Crippen LogP contribution in [0, 0.1) is 13.8 Å². The first-order valence-electron chi connectivity index (χ1n) is 7.96. The van der Waals surface area contributed by atoms with Crippen molar-refractivity contribution in [3.8, 4) is 0 Å². The Morgan fingerprint density at radius 1 is 1.14 bits per heavy atom. The first-order valence-corrected chi connectivity index (χ1v) is 7.96. The molecular weight excluding hydrogens is 258 g/mol. The number of aryl methyl sites for hydroxylation is 3. The predicted octanol–water partition coefficient (Wildman–Crippen LogP) is 3.80. The van der Waals surface area contributed by atoms with Gasteiger partial charge in [0.2, 0.25) is 0 Å². The number of hydrogen-bond acceptors (Lipinski definition) is 2. The maximum absolute atomic E-state index is 4.46. The van der Waals surface area contributed by atoms with Gasteiger partial charge in [-0.25, -0.2) is 0 Å². The van der Waals surface area contributed by atoms with Gasteiger partial charge in [-0.15, -0.1) is 0 Å². The minimum absolute atomic E-state index is 0.324. The lowest BCUT2D eigenvalue weighted by Gasteiger charge is -2.20. The second-order valence-corrected chi connectivity index (χ2v) is 5.79. The average Bonchev–Trinajstić information content (AvgIpc) is 2.86. The van der Waals surface area contributed by atoms with Crippen LogP contribution in [0.5, 0.6) is 0 Å². The average molecular weight is 285 g/mol. The highest BCUT2D eigenvalue weighted by Gasteiger charge is 2.16. The van der Waals surface area contributed by atoms with Crippen LogP contribution in [0.2, 0.25) is 0 Å². The molecule has 1 unspecified atom stereocenters. The fourth-order valence-corrected chi connectivity index (χ4v) is 2.99. The molecule has 1 N–H and O–H groups in total. The Hall–Kier alpha value is -1.61. The molecule has 1 heterocycles. The van der Waals surface area contributed by atoms with Gasteiger partial charge in [0, 0.05) is 12.7 Å². The number of nitrogens with zero attached hydrogens (tertiary/aromatic N) is 2. The Bertz CT molecular complexity index is 551. The summed E-state index contributed by atoms with van der Waals surface area (Å²) in [6, 6.07) is 9.28. The summed E-state index contributed by atoms with van der Waals surface area (Å²) in [5, 5.41) is 8.07. The lowest BCUT2D eigenvalue weighted by Crippen LogP contribution is -2.26. The lowest BCUT2D eigenvalue weighted by molar-refractivity contribution is 0.478. The van der Waals surface area contributed by atoms with Crippen molar-refractivity contribution in [2.24, 2.45) is 0 Å². The summed E-state index contributed by atoms with van der Waals surface area (Å²) in [5.74, 6) is 0. The minimum atomic E-state index is 0.324. The Labute approximate surface area is 128 Å². The van der Waals surface area contributed by atoms with E-state index in [1.54, 1.807) is 0 Å². The largest absolute Gasteiger partial charge is 0.309 e. The fourth-order valence-electron chi connectivity index (χ4n) is 2.99. The molecule has 0 bridgehead atoms. The number of nitrogens with one attached hydrogen (secondary N) is 1. The lowest BCUT2D eigenvalue weighted by atomic mass is 9.99. The highest BCUT2D eigenvalue weighted by molar-refractivity contribution is 5.30. The molecule has 0 radical (unpaired) electrons. The van der Waals surface area contributed by atoms with Crippen LogP contribution in [-0.2, 0) is 13.0 Å². The normalized spacial score (nSPS) is 12.6. The van der Waals surface area contributed by atoms with Crippen molar-refractivity contribution in [1.82, 2.24) is 15.1 Å². The summed E-state index contributed by atoms with van der Waals surface area (Å²) >= 11 is 0. The quantitative estimate of drug-likeness (QED) is 0.838. The molecule has 2 aromatic rings. The zero-order valence-corrected chi connectivity index (χ0v) is 13.7. The van der Waals surface area contributed by atoms with Crippen molar-refractivity contribution in [2.45, 2.75) is 53.1 Å². The zero-order valence-electron chi connectivity index (χ0n) is 13.7. The van der Waals surface area contributed by atoms with Crippen LogP contribution in [0.15, 0.2) is 30.5 Å². The van der Waals surface area contributed by atoms with Gasteiger partial charge in [-0.05, 0) is 44.9 Å². The second-order valence-electron chi connectivity index (χ2n) is 5.79. The molecule has 1 aromatic carbocycles. The van der Waals surface area contributed by atoms with Crippen LogP contribution in [0.4, 0.5) is 0 Å². The minimum Gasteiger partial charge on any atom is -0.309 e. The molecule has 114 valence electrons. The first-order chi connectivity index (χ1) is 10.1. The van der Waals surface area contributed by atoms with E-state index in [1.807, 2.05) is 6.20 Å². The summed E-state index contributed by atoms with van der Waals surface area (Å²) in [4.78, 5) is 0. The van der Waals surface area contributed by atoms with Gasteiger partial charge < -0.3 is 5.32 Å². The Kier molecular flexibility index (Phi) is 5.57. The molecule has 0 amide bonds. The van der Waals surface area contributed by atoms with E-state index in [-0.39, 0.29) is 0 Å². The van der Waals surface area contributed by atoms with Crippen LogP contribution >= 0.6 is 0 Å². The van der Waals surface area contributed by atoms with Crippen molar-refractivity contribution in [3.63, 3.8) is 0 Å². The molecule has 0 spiro atoms. The van der Waals surface area contributed by atoms with Crippen LogP contribution in [0.1, 0.15) is 48.7 Å². The first kappa shape index (κ1) is 15.8. The maximum Gasteiger partial charge on any atom is 0.0556 e. The third-order valence-corrected chi connectivity index (χ3v) is 3.71. The molecule has 0 aliphatic heterocycles. The van der Waals surface area contributed by atoms with Gasteiger partial charge in [-0.1, -0.05) is 43.2 Å². The van der Waals surface area contributed by atoms with Crippen molar-refractivity contribution in [3.05, 3.63) is 52.8 Å². The summed E-state index contributed by atoms with van der Waals surface area (Å²) in [6.45, 7) is 10.6. The molecule has 2 rings (SSSR count). The summed E-state index contributed by atoms with van der Waals surface area (Å²) in [6.07, 6.45) is 4.03. The van der Waals surface area contributed by atoms with E-state index in [1.165, 1.54) is 22.4 Å². The standard InChI is InChI=1S/C18H27N3/c1-5-9-21-18(7-8-20-21)17(19-6-2)13-16-11-14(3)10-15(4)12-16/h7-8,10-12,17,19H,5-6,9,13H2,1-4H3. The van der Waals surface area contributed by atoms with Gasteiger partial charge in [0.05, 0.1) is 11.7 Å². The van der Waals surface area contributed by atoms with Crippen molar-refractivity contribution >= 4 is 0 Å². The molecule has 0 saturated carbocycles. The molecule has 1 aromatic heterocycles. The maximum atomic E-state index is 4.46. The van der Waals surface area contributed by atoms with E-state index in [0.717, 1.165) is 25.9 Å². The van der Waals surface area contributed by atoms with Gasteiger partial charge in [0.15, 0.2) is 0 Å². The van der Waals surface area contributed by atoms with Gasteiger partial charge in [-0.3, -0.25) is 4.68 Å². The van der Waals surface area contributed by atoms with Crippen molar-refractivity contribution in [2.75, 3.05) is 6.54 Å². The summed E-state index contributed by atoms with van der Waals surface area (Å²) in [7, 11) is 0. The third kappa shape index (κ3) is 4.18. The summed E-state index contributed by atoms with van der Waals surface area (Å²) in [5.41, 5.74) is 5.35. The number of aromatic nitrogens is 2. The predicted molar refractivity (Wildman–Crippen MR) is 88.6 cm³/mol. The topological polar surface area (TPSA) is 29.9 Å². The molecule has 0 aliphatic rings. The van der Waals surface area contributed by atoms with Gasteiger partial charge in [0.25, 0.3) is 0 Å².